The zero-order valence-corrected chi connectivity index (χ0v) is 24.9. The normalized spacial score (nSPS) is 14.0. The number of carboxylic acids is 1. The third kappa shape index (κ3) is 7.51. The number of carboxylic acid groups (broad SMARTS) is 1. The molecule has 1 saturated carbocycles. The van der Waals surface area contributed by atoms with E-state index in [1.54, 1.807) is 11.3 Å². The maximum Gasteiger partial charge on any atom is 1.00 e. The van der Waals surface area contributed by atoms with E-state index in [0.29, 0.717) is 28.3 Å². The summed E-state index contributed by atoms with van der Waals surface area (Å²) in [5.41, 5.74) is 3.51. The molecule has 36 heavy (non-hydrogen) atoms. The first kappa shape index (κ1) is 29.1. The maximum absolute atomic E-state index is 13.1. The Kier molecular flexibility index (Phi) is 10.4. The summed E-state index contributed by atoms with van der Waals surface area (Å²) < 4.78 is 5.85. The van der Waals surface area contributed by atoms with E-state index in [0.717, 1.165) is 45.8 Å². The summed E-state index contributed by atoms with van der Waals surface area (Å²) >= 11 is 7.94. The Bertz CT molecular complexity index is 1220. The topological polar surface area (TPSA) is 96.1 Å². The van der Waals surface area contributed by atoms with Crippen molar-refractivity contribution in [3.63, 3.8) is 0 Å². The molecule has 0 spiro atoms. The monoisotopic (exact) mass is 536 g/mol. The Morgan fingerprint density at radius 2 is 2.03 bits per heavy atom. The fourth-order valence-electron chi connectivity index (χ4n) is 4.39. The van der Waals surface area contributed by atoms with Gasteiger partial charge in [0, 0.05) is 47.9 Å². The van der Waals surface area contributed by atoms with E-state index in [2.05, 4.69) is 24.0 Å². The molecule has 0 saturated heterocycles. The number of carbonyl (C=O) groups is 2. The fraction of sp³-hybridized carbons (Fsp3) is 0.481. The Morgan fingerprint density at radius 1 is 1.28 bits per heavy atom. The summed E-state index contributed by atoms with van der Waals surface area (Å²) in [6.45, 7) is 6.27. The second-order valence-corrected chi connectivity index (χ2v) is 11.4. The third-order valence-electron chi connectivity index (χ3n) is 6.26. The summed E-state index contributed by atoms with van der Waals surface area (Å²) in [5, 5.41) is 17.3. The number of thiazole rings is 1. The second-order valence-electron chi connectivity index (χ2n) is 9.92. The van der Waals surface area contributed by atoms with Gasteiger partial charge in [0.2, 0.25) is 0 Å². The van der Waals surface area contributed by atoms with E-state index in [4.69, 9.17) is 16.1 Å². The van der Waals surface area contributed by atoms with Gasteiger partial charge >= 0.3 is 29.6 Å². The Labute approximate surface area is 243 Å². The van der Waals surface area contributed by atoms with Gasteiger partial charge in [-0.1, -0.05) is 42.7 Å². The van der Waals surface area contributed by atoms with Crippen LogP contribution in [-0.4, -0.2) is 21.9 Å². The average Bonchev–Trinajstić information content (AvgIpc) is 3.36. The smallest absolute Gasteiger partial charge is 0.550 e. The number of nitrogens with zero attached hydrogens (tertiary/aromatic N) is 2. The Morgan fingerprint density at radius 3 is 2.67 bits per heavy atom. The number of aliphatic carboxylic acids is 1. The van der Waals surface area contributed by atoms with Crippen molar-refractivity contribution in [2.24, 2.45) is 5.92 Å². The Balaban J connectivity index is 0.00000361. The quantitative estimate of drug-likeness (QED) is 0.330. The first-order valence-corrected chi connectivity index (χ1v) is 13.3. The largest absolute Gasteiger partial charge is 1.00 e. The van der Waals surface area contributed by atoms with Crippen LogP contribution in [0.2, 0.25) is 5.02 Å². The van der Waals surface area contributed by atoms with Crippen molar-refractivity contribution in [1.29, 1.82) is 0 Å². The van der Waals surface area contributed by atoms with E-state index in [1.165, 1.54) is 0 Å². The number of carbonyl (C=O) groups excluding carboxylic acids is 2. The Hall–Kier alpha value is -1.51. The van der Waals surface area contributed by atoms with Crippen LogP contribution >= 0.6 is 22.9 Å². The van der Waals surface area contributed by atoms with Gasteiger partial charge in [-0.05, 0) is 61.6 Å². The van der Waals surface area contributed by atoms with Crippen molar-refractivity contribution < 1.29 is 48.8 Å². The number of aryl methyl sites for hydroxylation is 1. The molecule has 2 aromatic heterocycles. The van der Waals surface area contributed by atoms with Gasteiger partial charge < -0.3 is 14.4 Å². The molecule has 0 aliphatic heterocycles. The number of benzene rings is 1. The molecule has 186 valence electrons. The zero-order chi connectivity index (χ0) is 25.1. The molecule has 1 atom stereocenters. The molecule has 0 unspecified atom stereocenters. The van der Waals surface area contributed by atoms with E-state index < -0.39 is 5.97 Å². The SMILES string of the molecule is Cc1ccc(CC(=O)C[C@H](CCC(=O)[O-])c2noc(-c3cnc(CC(C)C)s3)c2C2CC2)c(Cl)c1.[Na+]. The van der Waals surface area contributed by atoms with Crippen molar-refractivity contribution >= 4 is 34.7 Å². The molecule has 0 amide bonds. The van der Waals surface area contributed by atoms with Crippen LogP contribution in [0.1, 0.15) is 85.2 Å². The van der Waals surface area contributed by atoms with Gasteiger partial charge in [0.15, 0.2) is 5.76 Å². The molecular weight excluding hydrogens is 507 g/mol. The molecule has 1 aliphatic carbocycles. The molecule has 4 rings (SSSR count). The first-order valence-electron chi connectivity index (χ1n) is 12.1. The molecular formula is C27H30ClN2NaO4S. The van der Waals surface area contributed by atoms with E-state index in [9.17, 15) is 14.7 Å². The molecule has 3 aromatic rings. The molecule has 1 fully saturated rings. The van der Waals surface area contributed by atoms with E-state index in [-0.39, 0.29) is 66.9 Å². The minimum atomic E-state index is -1.14. The van der Waals surface area contributed by atoms with Gasteiger partial charge in [-0.3, -0.25) is 4.79 Å². The van der Waals surface area contributed by atoms with Gasteiger partial charge in [0.1, 0.15) is 5.78 Å². The van der Waals surface area contributed by atoms with Crippen LogP contribution in [0.3, 0.4) is 0 Å². The van der Waals surface area contributed by atoms with E-state index in [1.807, 2.05) is 31.3 Å². The summed E-state index contributed by atoms with van der Waals surface area (Å²) in [6, 6.07) is 5.64. The van der Waals surface area contributed by atoms with Crippen LogP contribution in [0.15, 0.2) is 28.9 Å². The van der Waals surface area contributed by atoms with Crippen LogP contribution in [-0.2, 0) is 22.4 Å². The van der Waals surface area contributed by atoms with Gasteiger partial charge in [-0.15, -0.1) is 11.3 Å². The molecule has 0 bridgehead atoms. The third-order valence-corrected chi connectivity index (χ3v) is 7.63. The van der Waals surface area contributed by atoms with Crippen molar-refractivity contribution in [3.8, 4) is 10.6 Å². The fourth-order valence-corrected chi connectivity index (χ4v) is 5.81. The number of hydrogen-bond donors (Lipinski definition) is 0. The molecule has 1 aliphatic rings. The summed E-state index contributed by atoms with van der Waals surface area (Å²) in [4.78, 5) is 29.8. The van der Waals surface area contributed by atoms with Crippen molar-refractivity contribution in [2.45, 2.75) is 77.6 Å². The van der Waals surface area contributed by atoms with Gasteiger partial charge in [0.05, 0.1) is 15.6 Å². The summed E-state index contributed by atoms with van der Waals surface area (Å²) in [6.07, 6.45) is 5.27. The van der Waals surface area contributed by atoms with Crippen LogP contribution in [0.4, 0.5) is 0 Å². The van der Waals surface area contributed by atoms with Crippen LogP contribution in [0.25, 0.3) is 10.6 Å². The van der Waals surface area contributed by atoms with Crippen molar-refractivity contribution in [3.05, 3.63) is 56.8 Å². The van der Waals surface area contributed by atoms with Crippen LogP contribution < -0.4 is 34.7 Å². The van der Waals surface area contributed by atoms with Crippen LogP contribution in [0.5, 0.6) is 0 Å². The molecule has 0 radical (unpaired) electrons. The molecule has 0 N–H and O–H groups in total. The van der Waals surface area contributed by atoms with Gasteiger partial charge in [-0.2, -0.15) is 0 Å². The van der Waals surface area contributed by atoms with Gasteiger partial charge in [-0.25, -0.2) is 4.98 Å². The van der Waals surface area contributed by atoms with Crippen molar-refractivity contribution in [1.82, 2.24) is 10.1 Å². The maximum atomic E-state index is 13.1. The molecule has 2 heterocycles. The number of ketones is 1. The zero-order valence-electron chi connectivity index (χ0n) is 21.3. The van der Waals surface area contributed by atoms with Crippen molar-refractivity contribution in [2.75, 3.05) is 0 Å². The number of Topliss-reactive ketones (excluding diaryl/α,β-unsaturated/α-hetero) is 1. The number of halogens is 1. The predicted octanol–water partition coefficient (Wildman–Crippen LogP) is 2.66. The second kappa shape index (κ2) is 12.8. The predicted molar refractivity (Wildman–Crippen MR) is 135 cm³/mol. The first-order chi connectivity index (χ1) is 16.7. The molecule has 1 aromatic carbocycles. The van der Waals surface area contributed by atoms with Gasteiger partial charge in [0.25, 0.3) is 0 Å². The number of aromatic nitrogens is 2. The summed E-state index contributed by atoms with van der Waals surface area (Å²) in [5.74, 6) is 0.0189. The average molecular weight is 537 g/mol. The number of hydrogen-bond acceptors (Lipinski definition) is 7. The minimum absolute atomic E-state index is 0. The summed E-state index contributed by atoms with van der Waals surface area (Å²) in [7, 11) is 0. The molecule has 6 nitrogen and oxygen atoms in total. The number of rotatable bonds is 12. The van der Waals surface area contributed by atoms with Crippen LogP contribution in [0, 0.1) is 12.8 Å². The standard InChI is InChI=1S/C27H31ClN2O4S.Na/c1-15(2)10-23-29-14-22(35-23)27-25(17-6-7-17)26(30-34-27)19(8-9-24(32)33)13-20(31)12-18-5-4-16(3)11-21(18)28;/h4-5,11,14-15,17,19H,6-10,12-13H2,1-3H3,(H,32,33);/q;+1/p-1/t19-;/m0./s1. The minimum Gasteiger partial charge on any atom is -0.550 e. The molecule has 9 heteroatoms. The van der Waals surface area contributed by atoms with E-state index >= 15 is 0 Å².